The summed E-state index contributed by atoms with van der Waals surface area (Å²) in [5.41, 5.74) is 7.98. The Morgan fingerprint density at radius 1 is 1.53 bits per heavy atom. The van der Waals surface area contributed by atoms with Crippen molar-refractivity contribution in [3.63, 3.8) is 0 Å². The average Bonchev–Trinajstić information content (AvgIpc) is 2.17. The van der Waals surface area contributed by atoms with E-state index < -0.39 is 18.2 Å². The minimum Gasteiger partial charge on any atom is -0.469 e. The van der Waals surface area contributed by atoms with Crippen molar-refractivity contribution < 1.29 is 19.7 Å². The fraction of sp³-hybridized carbons (Fsp3) is 0.875. The maximum Gasteiger partial charge on any atom is 0.308 e. The SMILES string of the molecule is COC(=O)C[C@H](O)C[C@H](O)CCN=[N+]=[N-]. The second-order valence-corrected chi connectivity index (χ2v) is 3.07. The van der Waals surface area contributed by atoms with Gasteiger partial charge in [0.1, 0.15) is 0 Å². The Bertz CT molecular complexity index is 240. The third-order valence-corrected chi connectivity index (χ3v) is 1.80. The minimum atomic E-state index is -0.932. The number of carbonyl (C=O) groups excluding carboxylic acids is 1. The number of nitrogens with zero attached hydrogens (tertiary/aromatic N) is 3. The first-order valence-corrected chi connectivity index (χ1v) is 4.54. The highest BCUT2D eigenvalue weighted by molar-refractivity contribution is 5.69. The lowest BCUT2D eigenvalue weighted by Gasteiger charge is -2.13. The molecule has 0 amide bonds. The number of aliphatic hydroxyl groups excluding tert-OH is 2. The zero-order valence-corrected chi connectivity index (χ0v) is 8.54. The number of carbonyl (C=O) groups is 1. The van der Waals surface area contributed by atoms with Gasteiger partial charge in [-0.1, -0.05) is 5.11 Å². The van der Waals surface area contributed by atoms with Crippen LogP contribution in [0.4, 0.5) is 0 Å². The number of ether oxygens (including phenoxy) is 1. The van der Waals surface area contributed by atoms with E-state index in [-0.39, 0.29) is 25.8 Å². The molecule has 0 saturated carbocycles. The molecule has 2 atom stereocenters. The summed E-state index contributed by atoms with van der Waals surface area (Å²) in [5, 5.41) is 21.9. The van der Waals surface area contributed by atoms with Gasteiger partial charge in [-0.15, -0.1) is 0 Å². The van der Waals surface area contributed by atoms with E-state index in [1.165, 1.54) is 7.11 Å². The molecule has 0 aromatic rings. The Hall–Kier alpha value is -1.30. The predicted octanol–water partition coefficient (Wildman–Crippen LogP) is 0.362. The van der Waals surface area contributed by atoms with Gasteiger partial charge in [0.25, 0.3) is 0 Å². The Balaban J connectivity index is 3.70. The first-order valence-electron chi connectivity index (χ1n) is 4.54. The van der Waals surface area contributed by atoms with Crippen LogP contribution in [0.5, 0.6) is 0 Å². The van der Waals surface area contributed by atoms with E-state index in [9.17, 15) is 15.0 Å². The van der Waals surface area contributed by atoms with E-state index in [4.69, 9.17) is 5.53 Å². The van der Waals surface area contributed by atoms with E-state index in [1.54, 1.807) is 0 Å². The molecule has 0 aromatic heterocycles. The van der Waals surface area contributed by atoms with Gasteiger partial charge in [-0.05, 0) is 18.4 Å². The minimum absolute atomic E-state index is 0.0655. The number of hydrogen-bond acceptors (Lipinski definition) is 5. The maximum absolute atomic E-state index is 10.7. The van der Waals surface area contributed by atoms with Crippen molar-refractivity contribution in [2.75, 3.05) is 13.7 Å². The largest absolute Gasteiger partial charge is 0.469 e. The highest BCUT2D eigenvalue weighted by atomic mass is 16.5. The van der Waals surface area contributed by atoms with Crippen LogP contribution >= 0.6 is 0 Å². The van der Waals surface area contributed by atoms with Crippen LogP contribution in [-0.2, 0) is 9.53 Å². The van der Waals surface area contributed by atoms with Gasteiger partial charge in [-0.3, -0.25) is 4.79 Å². The standard InChI is InChI=1S/C8H15N3O4/c1-15-8(14)5-7(13)4-6(12)2-3-10-11-9/h6-7,12-13H,2-5H2,1H3/t6-,7-/m1/s1. The third-order valence-electron chi connectivity index (χ3n) is 1.80. The number of hydrogen-bond donors (Lipinski definition) is 2. The molecule has 0 aromatic carbocycles. The number of aliphatic hydroxyl groups is 2. The Morgan fingerprint density at radius 2 is 2.20 bits per heavy atom. The molecule has 2 N–H and O–H groups in total. The summed E-state index contributed by atoms with van der Waals surface area (Å²) < 4.78 is 4.35. The van der Waals surface area contributed by atoms with Crippen LogP contribution in [0.25, 0.3) is 10.4 Å². The monoisotopic (exact) mass is 217 g/mol. The normalized spacial score (nSPS) is 13.8. The van der Waals surface area contributed by atoms with Gasteiger partial charge >= 0.3 is 5.97 Å². The topological polar surface area (TPSA) is 116 Å². The van der Waals surface area contributed by atoms with E-state index >= 15 is 0 Å². The van der Waals surface area contributed by atoms with Crippen LogP contribution in [0.1, 0.15) is 19.3 Å². The molecule has 7 heteroatoms. The van der Waals surface area contributed by atoms with Crippen LogP contribution in [0.3, 0.4) is 0 Å². The molecule has 0 radical (unpaired) electrons. The van der Waals surface area contributed by atoms with Crippen molar-refractivity contribution in [3.8, 4) is 0 Å². The maximum atomic E-state index is 10.7. The fourth-order valence-corrected chi connectivity index (χ4v) is 1.04. The van der Waals surface area contributed by atoms with Gasteiger partial charge < -0.3 is 14.9 Å². The number of esters is 1. The second-order valence-electron chi connectivity index (χ2n) is 3.07. The molecule has 0 spiro atoms. The summed E-state index contributed by atoms with van der Waals surface area (Å²) >= 11 is 0. The summed E-state index contributed by atoms with van der Waals surface area (Å²) in [6.45, 7) is 0.169. The van der Waals surface area contributed by atoms with E-state index in [2.05, 4.69) is 14.8 Å². The Labute approximate surface area is 87.3 Å². The lowest BCUT2D eigenvalue weighted by atomic mass is 10.1. The Kier molecular flexibility index (Phi) is 7.35. The molecule has 0 aliphatic heterocycles. The molecule has 86 valence electrons. The summed E-state index contributed by atoms with van der Waals surface area (Å²) in [6, 6.07) is 0. The third kappa shape index (κ3) is 7.75. The summed E-state index contributed by atoms with van der Waals surface area (Å²) in [4.78, 5) is 13.3. The summed E-state index contributed by atoms with van der Waals surface area (Å²) in [7, 11) is 1.23. The van der Waals surface area contributed by atoms with Crippen LogP contribution in [-0.4, -0.2) is 42.0 Å². The molecule has 15 heavy (non-hydrogen) atoms. The molecular formula is C8H15N3O4. The lowest BCUT2D eigenvalue weighted by Crippen LogP contribution is -2.21. The number of rotatable bonds is 7. The van der Waals surface area contributed by atoms with E-state index in [0.717, 1.165) is 0 Å². The van der Waals surface area contributed by atoms with Gasteiger partial charge in [0.05, 0.1) is 25.7 Å². The molecule has 0 aliphatic rings. The van der Waals surface area contributed by atoms with Gasteiger partial charge in [-0.25, -0.2) is 0 Å². The van der Waals surface area contributed by atoms with Gasteiger partial charge in [0, 0.05) is 11.5 Å². The smallest absolute Gasteiger partial charge is 0.308 e. The lowest BCUT2D eigenvalue weighted by molar-refractivity contribution is -0.143. The molecule has 0 unspecified atom stereocenters. The van der Waals surface area contributed by atoms with Crippen molar-refractivity contribution >= 4 is 5.97 Å². The molecule has 0 rings (SSSR count). The van der Waals surface area contributed by atoms with Gasteiger partial charge in [-0.2, -0.15) is 0 Å². The van der Waals surface area contributed by atoms with Crippen molar-refractivity contribution in [2.45, 2.75) is 31.5 Å². The average molecular weight is 217 g/mol. The molecule has 0 fully saturated rings. The van der Waals surface area contributed by atoms with Crippen molar-refractivity contribution in [2.24, 2.45) is 5.11 Å². The number of methoxy groups -OCH3 is 1. The first-order chi connectivity index (χ1) is 7.10. The van der Waals surface area contributed by atoms with Gasteiger partial charge in [0.2, 0.25) is 0 Å². The van der Waals surface area contributed by atoms with Crippen molar-refractivity contribution in [1.82, 2.24) is 0 Å². The molecule has 0 heterocycles. The highest BCUT2D eigenvalue weighted by Crippen LogP contribution is 2.06. The second kappa shape index (κ2) is 8.05. The molecule has 0 bridgehead atoms. The summed E-state index contributed by atoms with van der Waals surface area (Å²) in [5.74, 6) is -0.523. The molecule has 7 nitrogen and oxygen atoms in total. The zero-order chi connectivity index (χ0) is 11.7. The van der Waals surface area contributed by atoms with Crippen molar-refractivity contribution in [3.05, 3.63) is 10.4 Å². The van der Waals surface area contributed by atoms with Crippen LogP contribution in [0, 0.1) is 0 Å². The molecule has 0 saturated heterocycles. The quantitative estimate of drug-likeness (QED) is 0.277. The molecular weight excluding hydrogens is 202 g/mol. The van der Waals surface area contributed by atoms with Gasteiger partial charge in [0.15, 0.2) is 0 Å². The molecule has 0 aliphatic carbocycles. The van der Waals surface area contributed by atoms with Crippen LogP contribution in [0.2, 0.25) is 0 Å². The Morgan fingerprint density at radius 3 is 2.73 bits per heavy atom. The zero-order valence-electron chi connectivity index (χ0n) is 8.54. The summed E-state index contributed by atoms with van der Waals surface area (Å²) in [6.07, 6.45) is -1.53. The fourth-order valence-electron chi connectivity index (χ4n) is 1.04. The van der Waals surface area contributed by atoms with E-state index in [1.807, 2.05) is 0 Å². The van der Waals surface area contributed by atoms with Crippen LogP contribution in [0.15, 0.2) is 5.11 Å². The highest BCUT2D eigenvalue weighted by Gasteiger charge is 2.15. The van der Waals surface area contributed by atoms with Crippen molar-refractivity contribution in [1.29, 1.82) is 0 Å². The number of azide groups is 1. The van der Waals surface area contributed by atoms with E-state index in [0.29, 0.717) is 0 Å². The van der Waals surface area contributed by atoms with Crippen LogP contribution < -0.4 is 0 Å². The first kappa shape index (κ1) is 13.7. The predicted molar refractivity (Wildman–Crippen MR) is 51.9 cm³/mol.